The Labute approximate surface area is 147 Å². The number of aromatic nitrogens is 2. The number of amides is 2. The summed E-state index contributed by atoms with van der Waals surface area (Å²) in [6, 6.07) is 6.13. The smallest absolute Gasteiger partial charge is 0.293 e. The molecular formula is C13H13ClN4O4S2. The van der Waals surface area contributed by atoms with Crippen molar-refractivity contribution in [3.8, 4) is 0 Å². The van der Waals surface area contributed by atoms with Crippen molar-refractivity contribution in [1.82, 2.24) is 14.9 Å². The van der Waals surface area contributed by atoms with Crippen LogP contribution in [-0.2, 0) is 14.8 Å². The Morgan fingerprint density at radius 3 is 2.38 bits per heavy atom. The van der Waals surface area contributed by atoms with Gasteiger partial charge >= 0.3 is 0 Å². The molecular weight excluding hydrogens is 376 g/mol. The van der Waals surface area contributed by atoms with Gasteiger partial charge in [0.2, 0.25) is 11.0 Å². The van der Waals surface area contributed by atoms with Crippen molar-refractivity contribution in [3.05, 3.63) is 34.9 Å². The van der Waals surface area contributed by atoms with E-state index in [2.05, 4.69) is 15.5 Å². The van der Waals surface area contributed by atoms with E-state index in [4.69, 9.17) is 11.6 Å². The van der Waals surface area contributed by atoms with Crippen LogP contribution in [0.3, 0.4) is 0 Å². The molecule has 0 saturated carbocycles. The van der Waals surface area contributed by atoms with Gasteiger partial charge in [-0.3, -0.25) is 14.9 Å². The van der Waals surface area contributed by atoms with Crippen LogP contribution in [0.2, 0.25) is 5.02 Å². The molecule has 1 heterocycles. The Morgan fingerprint density at radius 2 is 1.79 bits per heavy atom. The molecule has 0 aliphatic rings. The van der Waals surface area contributed by atoms with E-state index in [9.17, 15) is 18.0 Å². The van der Waals surface area contributed by atoms with E-state index in [-0.39, 0.29) is 5.13 Å². The lowest BCUT2D eigenvalue weighted by Crippen LogP contribution is -2.33. The number of carbonyl (C=O) groups excluding carboxylic acids is 2. The maximum Gasteiger partial charge on any atom is 0.293 e. The Morgan fingerprint density at radius 1 is 1.17 bits per heavy atom. The summed E-state index contributed by atoms with van der Waals surface area (Å²) in [4.78, 5) is 23.5. The lowest BCUT2D eigenvalue weighted by atomic mass is 10.2. The number of rotatable bonds is 5. The van der Waals surface area contributed by atoms with Gasteiger partial charge in [0, 0.05) is 16.5 Å². The van der Waals surface area contributed by atoms with Crippen LogP contribution in [0.1, 0.15) is 24.2 Å². The first-order chi connectivity index (χ1) is 11.2. The average molecular weight is 389 g/mol. The second-order valence-corrected chi connectivity index (χ2v) is 8.23. The van der Waals surface area contributed by atoms with Crippen LogP contribution in [0, 0.1) is 5.92 Å². The van der Waals surface area contributed by atoms with Crippen LogP contribution in [0.25, 0.3) is 0 Å². The molecule has 0 saturated heterocycles. The molecule has 2 N–H and O–H groups in total. The molecule has 128 valence electrons. The van der Waals surface area contributed by atoms with E-state index in [1.165, 1.54) is 12.1 Å². The number of nitrogens with zero attached hydrogens (tertiary/aromatic N) is 2. The van der Waals surface area contributed by atoms with Crippen molar-refractivity contribution in [2.75, 3.05) is 5.32 Å². The van der Waals surface area contributed by atoms with Crippen LogP contribution in [0.5, 0.6) is 0 Å². The van der Waals surface area contributed by atoms with Crippen molar-refractivity contribution < 1.29 is 18.0 Å². The predicted molar refractivity (Wildman–Crippen MR) is 89.5 cm³/mol. The highest BCUT2D eigenvalue weighted by atomic mass is 35.5. The van der Waals surface area contributed by atoms with E-state index >= 15 is 0 Å². The number of anilines is 1. The molecule has 0 spiro atoms. The minimum absolute atomic E-state index is 0.00711. The standard InChI is InChI=1S/C13H13ClN4O4S2/c1-7(2)10(19)18-24(21,22)13-17-16-12(23-13)15-11(20)8-3-5-9(14)6-4-8/h3-7H,1-2H3,(H,18,19)(H,15,16,20). The topological polar surface area (TPSA) is 118 Å². The SMILES string of the molecule is CC(C)C(=O)NS(=O)(=O)c1nnc(NC(=O)c2ccc(Cl)cc2)s1. The van der Waals surface area contributed by atoms with E-state index in [0.29, 0.717) is 21.9 Å². The van der Waals surface area contributed by atoms with Crippen LogP contribution in [0.15, 0.2) is 28.6 Å². The zero-order chi connectivity index (χ0) is 17.9. The first kappa shape index (κ1) is 18.3. The highest BCUT2D eigenvalue weighted by Gasteiger charge is 2.24. The second kappa shape index (κ2) is 7.24. The molecule has 0 bridgehead atoms. The summed E-state index contributed by atoms with van der Waals surface area (Å²) >= 11 is 6.38. The third-order valence-electron chi connectivity index (χ3n) is 2.72. The fourth-order valence-electron chi connectivity index (χ4n) is 1.43. The van der Waals surface area contributed by atoms with E-state index in [0.717, 1.165) is 0 Å². The number of sulfonamides is 1. The minimum Gasteiger partial charge on any atom is -0.296 e. The van der Waals surface area contributed by atoms with Gasteiger partial charge in [0.1, 0.15) is 0 Å². The van der Waals surface area contributed by atoms with Crippen molar-refractivity contribution in [2.24, 2.45) is 5.92 Å². The maximum atomic E-state index is 12.0. The summed E-state index contributed by atoms with van der Waals surface area (Å²) in [6.45, 7) is 3.12. The van der Waals surface area contributed by atoms with Gasteiger partial charge in [0.25, 0.3) is 20.3 Å². The minimum atomic E-state index is -4.11. The lowest BCUT2D eigenvalue weighted by Gasteiger charge is -2.05. The Balaban J connectivity index is 2.11. The van der Waals surface area contributed by atoms with Crippen LogP contribution in [0.4, 0.5) is 5.13 Å². The zero-order valence-electron chi connectivity index (χ0n) is 12.6. The molecule has 2 rings (SSSR count). The van der Waals surface area contributed by atoms with Gasteiger partial charge in [-0.2, -0.15) is 8.42 Å². The molecule has 2 aromatic rings. The van der Waals surface area contributed by atoms with Crippen LogP contribution < -0.4 is 10.0 Å². The summed E-state index contributed by atoms with van der Waals surface area (Å²) in [6.07, 6.45) is 0. The van der Waals surface area contributed by atoms with Gasteiger partial charge in [0.15, 0.2) is 0 Å². The Hall–Kier alpha value is -2.04. The monoisotopic (exact) mass is 388 g/mol. The number of benzene rings is 1. The molecule has 0 unspecified atom stereocenters. The zero-order valence-corrected chi connectivity index (χ0v) is 15.0. The fourth-order valence-corrected chi connectivity index (χ4v) is 3.57. The first-order valence-corrected chi connectivity index (χ1v) is 9.34. The second-order valence-electron chi connectivity index (χ2n) is 4.96. The fraction of sp³-hybridized carbons (Fsp3) is 0.231. The molecule has 24 heavy (non-hydrogen) atoms. The molecule has 2 amide bonds. The number of hydrogen-bond donors (Lipinski definition) is 2. The van der Waals surface area contributed by atoms with Gasteiger partial charge in [0.05, 0.1) is 0 Å². The molecule has 8 nitrogen and oxygen atoms in total. The molecule has 1 aromatic heterocycles. The Bertz CT molecular complexity index is 862. The van der Waals surface area contributed by atoms with E-state index < -0.39 is 32.1 Å². The number of halogens is 1. The van der Waals surface area contributed by atoms with Gasteiger partial charge in [-0.1, -0.05) is 36.8 Å². The largest absolute Gasteiger partial charge is 0.296 e. The predicted octanol–water partition coefficient (Wildman–Crippen LogP) is 1.90. The average Bonchev–Trinajstić information content (AvgIpc) is 2.96. The van der Waals surface area contributed by atoms with Crippen molar-refractivity contribution in [3.63, 3.8) is 0 Å². The summed E-state index contributed by atoms with van der Waals surface area (Å²) in [5, 5.41) is 10.00. The van der Waals surface area contributed by atoms with Gasteiger partial charge in [-0.15, -0.1) is 10.2 Å². The molecule has 11 heteroatoms. The molecule has 0 aliphatic heterocycles. The lowest BCUT2D eigenvalue weighted by molar-refractivity contribution is -0.122. The number of nitrogens with one attached hydrogen (secondary N) is 2. The molecule has 0 atom stereocenters. The molecule has 0 aliphatic carbocycles. The van der Waals surface area contributed by atoms with Crippen molar-refractivity contribution in [1.29, 1.82) is 0 Å². The van der Waals surface area contributed by atoms with Crippen LogP contribution >= 0.6 is 22.9 Å². The van der Waals surface area contributed by atoms with Crippen molar-refractivity contribution >= 4 is 49.9 Å². The normalized spacial score (nSPS) is 11.3. The van der Waals surface area contributed by atoms with E-state index in [1.807, 2.05) is 4.72 Å². The quantitative estimate of drug-likeness (QED) is 0.755. The van der Waals surface area contributed by atoms with Crippen molar-refractivity contribution in [2.45, 2.75) is 18.2 Å². The van der Waals surface area contributed by atoms with E-state index in [1.54, 1.807) is 26.0 Å². The van der Waals surface area contributed by atoms with Gasteiger partial charge < -0.3 is 0 Å². The highest BCUT2D eigenvalue weighted by Crippen LogP contribution is 2.21. The van der Waals surface area contributed by atoms with Gasteiger partial charge in [-0.05, 0) is 24.3 Å². The molecule has 1 aromatic carbocycles. The molecule has 0 fully saturated rings. The summed E-state index contributed by atoms with van der Waals surface area (Å²) in [5.41, 5.74) is 0.326. The third kappa shape index (κ3) is 4.49. The summed E-state index contributed by atoms with van der Waals surface area (Å²) in [5.74, 6) is -1.65. The van der Waals surface area contributed by atoms with Crippen LogP contribution in [-0.4, -0.2) is 30.4 Å². The van der Waals surface area contributed by atoms with Gasteiger partial charge in [-0.25, -0.2) is 4.72 Å². The maximum absolute atomic E-state index is 12.0. The first-order valence-electron chi connectivity index (χ1n) is 6.66. The summed E-state index contributed by atoms with van der Waals surface area (Å²) < 4.78 is 25.5. The highest BCUT2D eigenvalue weighted by molar-refractivity contribution is 7.92. The molecule has 0 radical (unpaired) electrons. The summed E-state index contributed by atoms with van der Waals surface area (Å²) in [7, 11) is -4.11. The number of hydrogen-bond acceptors (Lipinski definition) is 7. The third-order valence-corrected chi connectivity index (χ3v) is 5.53. The number of carbonyl (C=O) groups is 2. The Kier molecular flexibility index (Phi) is 5.52.